The number of carbonyl (C=O) groups excluding carboxylic acids is 3. The molecule has 0 saturated carbocycles. The monoisotopic (exact) mass is 625 g/mol. The predicted octanol–water partition coefficient (Wildman–Crippen LogP) is 6.93. The molecule has 206 valence electrons. The second kappa shape index (κ2) is 13.5. The summed E-state index contributed by atoms with van der Waals surface area (Å²) in [6.45, 7) is 0.734. The molecule has 4 aromatic carbocycles. The van der Waals surface area contributed by atoms with E-state index in [1.165, 1.54) is 17.3 Å². The van der Waals surface area contributed by atoms with Crippen molar-refractivity contribution in [3.8, 4) is 0 Å². The van der Waals surface area contributed by atoms with Crippen molar-refractivity contribution in [3.63, 3.8) is 0 Å². The topological polar surface area (TPSA) is 78.5 Å². The number of carbonyl (C=O) groups is 3. The van der Waals surface area contributed by atoms with Crippen LogP contribution >= 0.6 is 27.7 Å². The van der Waals surface area contributed by atoms with E-state index in [9.17, 15) is 14.4 Å². The Hall–Kier alpha value is -4.14. The van der Waals surface area contributed by atoms with Crippen LogP contribution < -0.4 is 15.5 Å². The maximum absolute atomic E-state index is 13.3. The fourth-order valence-electron chi connectivity index (χ4n) is 4.52. The summed E-state index contributed by atoms with van der Waals surface area (Å²) in [7, 11) is 0. The highest BCUT2D eigenvalue weighted by atomic mass is 79.9. The summed E-state index contributed by atoms with van der Waals surface area (Å²) in [6, 6.07) is 31.6. The molecule has 0 bridgehead atoms. The van der Waals surface area contributed by atoms with Crippen molar-refractivity contribution in [1.29, 1.82) is 0 Å². The molecule has 2 N–H and O–H groups in total. The number of halogens is 1. The minimum atomic E-state index is -0.448. The summed E-state index contributed by atoms with van der Waals surface area (Å²) < 4.78 is 0.911. The minimum absolute atomic E-state index is 0.0800. The van der Waals surface area contributed by atoms with Crippen LogP contribution in [-0.2, 0) is 16.0 Å². The molecule has 0 spiro atoms. The minimum Gasteiger partial charge on any atom is -0.321 e. The molecule has 6 nitrogen and oxygen atoms in total. The first-order valence-corrected chi connectivity index (χ1v) is 15.0. The number of nitrogens with one attached hydrogen (secondary N) is 2. The fraction of sp³-hybridized carbons (Fsp3) is 0.121. The summed E-state index contributed by atoms with van der Waals surface area (Å²) >= 11 is 4.88. The van der Waals surface area contributed by atoms with Crippen LogP contribution in [0.4, 0.5) is 11.4 Å². The van der Waals surface area contributed by atoms with Gasteiger partial charge in [0.15, 0.2) is 0 Å². The smallest absolute Gasteiger partial charge is 0.272 e. The molecule has 0 fully saturated rings. The van der Waals surface area contributed by atoms with Crippen LogP contribution in [0.1, 0.15) is 27.9 Å². The third-order valence-electron chi connectivity index (χ3n) is 6.60. The molecule has 5 rings (SSSR count). The molecule has 8 heteroatoms. The Morgan fingerprint density at radius 3 is 2.32 bits per heavy atom. The van der Waals surface area contributed by atoms with Crippen molar-refractivity contribution < 1.29 is 14.4 Å². The van der Waals surface area contributed by atoms with E-state index in [1.54, 1.807) is 42.5 Å². The molecule has 4 aromatic rings. The van der Waals surface area contributed by atoms with E-state index < -0.39 is 5.91 Å². The van der Waals surface area contributed by atoms with Crippen molar-refractivity contribution in [3.05, 3.63) is 130 Å². The van der Waals surface area contributed by atoms with Crippen molar-refractivity contribution in [1.82, 2.24) is 5.32 Å². The molecule has 0 aromatic heterocycles. The first kappa shape index (κ1) is 28.4. The zero-order valence-electron chi connectivity index (χ0n) is 22.2. The predicted molar refractivity (Wildman–Crippen MR) is 169 cm³/mol. The lowest BCUT2D eigenvalue weighted by molar-refractivity contribution is -0.116. The Morgan fingerprint density at radius 2 is 1.56 bits per heavy atom. The molecule has 0 atom stereocenters. The Bertz CT molecular complexity index is 1570. The zero-order valence-corrected chi connectivity index (χ0v) is 24.6. The number of aryl methyl sites for hydroxylation is 1. The lowest BCUT2D eigenvalue weighted by Crippen LogP contribution is -2.36. The number of hydrogen-bond donors (Lipinski definition) is 2. The lowest BCUT2D eigenvalue weighted by Gasteiger charge is -2.29. The first-order valence-electron chi connectivity index (χ1n) is 13.2. The van der Waals surface area contributed by atoms with Crippen molar-refractivity contribution >= 4 is 62.9 Å². The van der Waals surface area contributed by atoms with Crippen molar-refractivity contribution in [2.45, 2.75) is 17.7 Å². The third kappa shape index (κ3) is 7.54. The van der Waals surface area contributed by atoms with E-state index >= 15 is 0 Å². The normalized spacial score (nSPS) is 12.8. The number of hydrogen-bond acceptors (Lipinski definition) is 4. The van der Waals surface area contributed by atoms with Crippen LogP contribution in [0.2, 0.25) is 0 Å². The first-order chi connectivity index (χ1) is 20.0. The molecule has 0 unspecified atom stereocenters. The van der Waals surface area contributed by atoms with Gasteiger partial charge in [-0.1, -0.05) is 64.5 Å². The van der Waals surface area contributed by atoms with Crippen LogP contribution in [0.25, 0.3) is 6.08 Å². The highest BCUT2D eigenvalue weighted by Crippen LogP contribution is 2.28. The van der Waals surface area contributed by atoms with E-state index in [0.29, 0.717) is 17.0 Å². The highest BCUT2D eigenvalue weighted by molar-refractivity contribution is 9.10. The van der Waals surface area contributed by atoms with Gasteiger partial charge in [0.05, 0.1) is 5.75 Å². The van der Waals surface area contributed by atoms with Gasteiger partial charge in [-0.3, -0.25) is 14.4 Å². The Labute approximate surface area is 252 Å². The molecule has 3 amide bonds. The van der Waals surface area contributed by atoms with Crippen LogP contribution in [-0.4, -0.2) is 30.0 Å². The molecule has 41 heavy (non-hydrogen) atoms. The summed E-state index contributed by atoms with van der Waals surface area (Å²) in [4.78, 5) is 41.9. The number of para-hydroxylation sites is 1. The molecule has 1 heterocycles. The van der Waals surface area contributed by atoms with Gasteiger partial charge < -0.3 is 15.5 Å². The van der Waals surface area contributed by atoms with Gasteiger partial charge in [0.2, 0.25) is 5.91 Å². The van der Waals surface area contributed by atoms with Crippen LogP contribution in [0.5, 0.6) is 0 Å². The fourth-order valence-corrected chi connectivity index (χ4v) is 5.56. The van der Waals surface area contributed by atoms with E-state index in [0.717, 1.165) is 40.0 Å². The van der Waals surface area contributed by atoms with E-state index in [-0.39, 0.29) is 17.5 Å². The second-order valence-electron chi connectivity index (χ2n) is 9.47. The number of amides is 3. The Morgan fingerprint density at radius 1 is 0.854 bits per heavy atom. The van der Waals surface area contributed by atoms with Gasteiger partial charge >= 0.3 is 0 Å². The second-order valence-corrected chi connectivity index (χ2v) is 11.4. The number of fused-ring (bicyclic) bond motifs is 1. The standard InChI is InChI=1S/C33H28BrN3O3S/c34-26-14-12-23(13-15-26)21-29(36-32(39)25-8-2-1-3-9-25)33(40)35-27-16-18-28(19-17-27)41-22-31(38)37-20-6-10-24-7-4-5-11-30(24)37/h1-5,7-9,11-19,21H,6,10,20,22H2,(H,35,40)(H,36,39)/b29-21-. The summed E-state index contributed by atoms with van der Waals surface area (Å²) in [5.74, 6) is -0.421. The van der Waals surface area contributed by atoms with E-state index in [4.69, 9.17) is 0 Å². The van der Waals surface area contributed by atoms with Crippen molar-refractivity contribution in [2.75, 3.05) is 22.5 Å². The van der Waals surface area contributed by atoms with E-state index in [2.05, 4.69) is 32.6 Å². The van der Waals surface area contributed by atoms with Crippen LogP contribution in [0.15, 0.2) is 118 Å². The Balaban J connectivity index is 1.24. The molecule has 1 aliphatic rings. The van der Waals surface area contributed by atoms with Gasteiger partial charge in [0.25, 0.3) is 11.8 Å². The number of rotatable bonds is 8. The average Bonchev–Trinajstić information content (AvgIpc) is 3.01. The van der Waals surface area contributed by atoms with E-state index in [1.807, 2.05) is 65.6 Å². The number of nitrogens with zero attached hydrogens (tertiary/aromatic N) is 1. The van der Waals surface area contributed by atoms with Gasteiger partial charge in [-0.05, 0) is 84.6 Å². The van der Waals surface area contributed by atoms with Crippen molar-refractivity contribution in [2.24, 2.45) is 0 Å². The maximum atomic E-state index is 13.3. The molecule has 0 saturated heterocycles. The highest BCUT2D eigenvalue weighted by Gasteiger charge is 2.22. The van der Waals surface area contributed by atoms with Gasteiger partial charge in [-0.15, -0.1) is 11.8 Å². The SMILES string of the molecule is O=C(Nc1ccc(SCC(=O)N2CCCc3ccccc32)cc1)/C(=C/c1ccc(Br)cc1)NC(=O)c1ccccc1. The summed E-state index contributed by atoms with van der Waals surface area (Å²) in [5, 5.41) is 5.62. The largest absolute Gasteiger partial charge is 0.321 e. The molecule has 0 aliphatic carbocycles. The molecule has 0 radical (unpaired) electrons. The zero-order chi connectivity index (χ0) is 28.6. The molecular weight excluding hydrogens is 598 g/mol. The quantitative estimate of drug-likeness (QED) is 0.164. The van der Waals surface area contributed by atoms with Gasteiger partial charge in [-0.2, -0.15) is 0 Å². The Kier molecular flexibility index (Phi) is 9.33. The number of thioether (sulfide) groups is 1. The third-order valence-corrected chi connectivity index (χ3v) is 8.12. The number of anilines is 2. The maximum Gasteiger partial charge on any atom is 0.272 e. The van der Waals surface area contributed by atoms with Gasteiger partial charge in [0.1, 0.15) is 5.70 Å². The van der Waals surface area contributed by atoms with Crippen LogP contribution in [0, 0.1) is 0 Å². The molecular formula is C33H28BrN3O3S. The number of benzene rings is 4. The lowest BCUT2D eigenvalue weighted by atomic mass is 10.0. The van der Waals surface area contributed by atoms with Crippen LogP contribution in [0.3, 0.4) is 0 Å². The summed E-state index contributed by atoms with van der Waals surface area (Å²) in [6.07, 6.45) is 3.60. The summed E-state index contributed by atoms with van der Waals surface area (Å²) in [5.41, 5.74) is 4.13. The van der Waals surface area contributed by atoms with Gasteiger partial charge in [-0.25, -0.2) is 0 Å². The average molecular weight is 627 g/mol. The van der Waals surface area contributed by atoms with Gasteiger partial charge in [0, 0.05) is 32.9 Å². The molecule has 1 aliphatic heterocycles.